The first-order chi connectivity index (χ1) is 17.0. The van der Waals surface area contributed by atoms with E-state index in [2.05, 4.69) is 4.98 Å². The summed E-state index contributed by atoms with van der Waals surface area (Å²) in [5.41, 5.74) is -3.18. The van der Waals surface area contributed by atoms with Crippen molar-refractivity contribution in [1.29, 1.82) is 0 Å². The number of rotatable bonds is 3. The van der Waals surface area contributed by atoms with Crippen LogP contribution in [0.25, 0.3) is 10.9 Å². The lowest BCUT2D eigenvalue weighted by molar-refractivity contribution is 0.0698. The first kappa shape index (κ1) is 22.9. The molecule has 0 spiro atoms. The number of amides is 1. The molecule has 7 nitrogen and oxygen atoms in total. The number of anilines is 1. The summed E-state index contributed by atoms with van der Waals surface area (Å²) >= 11 is 0. The quantitative estimate of drug-likeness (QED) is 0.190. The number of H-pyrrole nitrogens is 1. The molecule has 0 fully saturated rings. The molecule has 0 saturated carbocycles. The molecule has 0 aliphatic heterocycles. The Morgan fingerprint density at radius 3 is 1.94 bits per heavy atom. The number of ketones is 2. The van der Waals surface area contributed by atoms with Crippen molar-refractivity contribution in [1.82, 2.24) is 4.98 Å². The van der Waals surface area contributed by atoms with E-state index in [0.717, 1.165) is 12.1 Å². The van der Waals surface area contributed by atoms with Crippen LogP contribution in [0.4, 0.5) is 27.6 Å². The van der Waals surface area contributed by atoms with Crippen molar-refractivity contribution in [3.63, 3.8) is 0 Å². The highest BCUT2D eigenvalue weighted by Gasteiger charge is 2.35. The van der Waals surface area contributed by atoms with E-state index >= 15 is 0 Å². The average Bonchev–Trinajstić information content (AvgIpc) is 3.24. The third-order valence-electron chi connectivity index (χ3n) is 5.69. The van der Waals surface area contributed by atoms with Gasteiger partial charge in [-0.3, -0.25) is 14.4 Å². The zero-order valence-electron chi connectivity index (χ0n) is 17.4. The third kappa shape index (κ3) is 3.11. The second kappa shape index (κ2) is 7.83. The van der Waals surface area contributed by atoms with Crippen molar-refractivity contribution in [2.75, 3.05) is 5.32 Å². The normalized spacial score (nSPS) is 12.5. The summed E-state index contributed by atoms with van der Waals surface area (Å²) in [4.78, 5) is 53.1. The number of carbonyl (C=O) groups is 4. The minimum Gasteiger partial charge on any atom is -0.478 e. The van der Waals surface area contributed by atoms with Crippen LogP contribution >= 0.6 is 0 Å². The zero-order chi connectivity index (χ0) is 26.0. The molecule has 1 aromatic heterocycles. The van der Waals surface area contributed by atoms with Crippen molar-refractivity contribution < 1.29 is 46.2 Å². The van der Waals surface area contributed by atoms with Gasteiger partial charge in [0.2, 0.25) is 11.6 Å². The minimum absolute atomic E-state index is 0.0518. The molecule has 180 valence electrons. The summed E-state index contributed by atoms with van der Waals surface area (Å²) in [7, 11) is 0. The smallest absolute Gasteiger partial charge is 0.336 e. The lowest BCUT2D eigenvalue weighted by atomic mass is 9.86. The van der Waals surface area contributed by atoms with Crippen LogP contribution in [0.3, 0.4) is 0 Å². The molecule has 3 N–H and O–H groups in total. The number of aromatic carboxylic acids is 1. The lowest BCUT2D eigenvalue weighted by Crippen LogP contribution is -2.20. The van der Waals surface area contributed by atoms with E-state index in [9.17, 15) is 46.2 Å². The maximum Gasteiger partial charge on any atom is 0.336 e. The molecule has 0 atom stereocenters. The average molecular weight is 500 g/mol. The van der Waals surface area contributed by atoms with Crippen LogP contribution < -0.4 is 5.32 Å². The van der Waals surface area contributed by atoms with Crippen LogP contribution in [0.5, 0.6) is 0 Å². The number of aromatic nitrogens is 1. The maximum atomic E-state index is 14.0. The van der Waals surface area contributed by atoms with Crippen molar-refractivity contribution in [3.8, 4) is 0 Å². The summed E-state index contributed by atoms with van der Waals surface area (Å²) in [5, 5.41) is 11.5. The van der Waals surface area contributed by atoms with Crippen molar-refractivity contribution >= 4 is 40.0 Å². The Balaban J connectivity index is 1.66. The van der Waals surface area contributed by atoms with E-state index in [1.165, 1.54) is 24.3 Å². The fraction of sp³-hybridized carbons (Fsp3) is 0. The van der Waals surface area contributed by atoms with E-state index < -0.39 is 69.3 Å². The largest absolute Gasteiger partial charge is 0.478 e. The van der Waals surface area contributed by atoms with E-state index in [-0.39, 0.29) is 33.3 Å². The number of hydrogen-bond donors (Lipinski definition) is 3. The Hall–Kier alpha value is -4.87. The van der Waals surface area contributed by atoms with E-state index in [1.807, 2.05) is 5.32 Å². The number of aromatic amines is 1. The minimum atomic E-state index is -2.46. The van der Waals surface area contributed by atoms with Crippen molar-refractivity contribution in [2.45, 2.75) is 0 Å². The highest BCUT2D eigenvalue weighted by Crippen LogP contribution is 2.36. The van der Waals surface area contributed by atoms with Gasteiger partial charge in [0.1, 0.15) is 5.56 Å². The third-order valence-corrected chi connectivity index (χ3v) is 5.69. The zero-order valence-corrected chi connectivity index (χ0v) is 17.4. The van der Waals surface area contributed by atoms with Gasteiger partial charge in [0, 0.05) is 27.7 Å². The standard InChI is InChI=1S/C24H9F5N2O5/c25-15-14(16(26)18(28)19(29)17(15)27)23(34)30-7-5-10(24(35)36)12-11(6-7)31-20-13(12)21(32)8-3-1-2-4-9(8)22(20)33/h1-6,31H,(H,30,34)(H,35,36). The number of carbonyl (C=O) groups excluding carboxylic acids is 3. The SMILES string of the molecule is O=C1c2ccccc2C(=O)c2c1[nH]c1cc(NC(=O)c3c(F)c(F)c(F)c(F)c3F)cc(C(=O)O)c21. The van der Waals surface area contributed by atoms with Gasteiger partial charge in [-0.1, -0.05) is 24.3 Å². The topological polar surface area (TPSA) is 116 Å². The molecule has 4 aromatic rings. The highest BCUT2D eigenvalue weighted by molar-refractivity contribution is 6.33. The second-order valence-corrected chi connectivity index (χ2v) is 7.73. The Bertz CT molecular complexity index is 1680. The van der Waals surface area contributed by atoms with E-state index in [4.69, 9.17) is 0 Å². The van der Waals surface area contributed by atoms with Crippen molar-refractivity contribution in [2.24, 2.45) is 0 Å². The van der Waals surface area contributed by atoms with Crippen molar-refractivity contribution in [3.05, 3.63) is 99.0 Å². The summed E-state index contributed by atoms with van der Waals surface area (Å²) in [6.07, 6.45) is 0. The molecule has 0 saturated heterocycles. The number of fused-ring (bicyclic) bond motifs is 4. The van der Waals surface area contributed by atoms with Gasteiger partial charge < -0.3 is 15.4 Å². The predicted octanol–water partition coefficient (Wildman–Crippen LogP) is 4.59. The van der Waals surface area contributed by atoms with Crippen LogP contribution in [0.1, 0.15) is 52.7 Å². The number of carboxylic acids is 1. The molecule has 1 amide bonds. The van der Waals surface area contributed by atoms with Crippen LogP contribution in [0.15, 0.2) is 36.4 Å². The fourth-order valence-electron chi connectivity index (χ4n) is 4.12. The van der Waals surface area contributed by atoms with Gasteiger partial charge in [-0.05, 0) is 12.1 Å². The van der Waals surface area contributed by atoms with Gasteiger partial charge in [-0.2, -0.15) is 0 Å². The number of halogens is 5. The number of nitrogens with one attached hydrogen (secondary N) is 2. The Morgan fingerprint density at radius 1 is 0.806 bits per heavy atom. The molecular formula is C24H9F5N2O5. The number of carboxylic acid groups (broad SMARTS) is 1. The molecule has 5 rings (SSSR count). The highest BCUT2D eigenvalue weighted by atomic mass is 19.2. The molecule has 36 heavy (non-hydrogen) atoms. The van der Waals surface area contributed by atoms with Gasteiger partial charge in [0.05, 0.1) is 16.8 Å². The molecule has 12 heteroatoms. The molecule has 1 heterocycles. The van der Waals surface area contributed by atoms with Gasteiger partial charge in [-0.15, -0.1) is 0 Å². The maximum absolute atomic E-state index is 14.0. The van der Waals surface area contributed by atoms with E-state index in [1.54, 1.807) is 0 Å². The monoisotopic (exact) mass is 500 g/mol. The Kier molecular flexibility index (Phi) is 4.98. The molecule has 1 aliphatic carbocycles. The number of benzene rings is 3. The molecule has 0 radical (unpaired) electrons. The van der Waals surface area contributed by atoms with Crippen LogP contribution in [0, 0.1) is 29.1 Å². The van der Waals surface area contributed by atoms with Gasteiger partial charge in [0.25, 0.3) is 5.91 Å². The Morgan fingerprint density at radius 2 is 1.36 bits per heavy atom. The lowest BCUT2D eigenvalue weighted by Gasteiger charge is -2.14. The second-order valence-electron chi connectivity index (χ2n) is 7.73. The molecule has 0 unspecified atom stereocenters. The summed E-state index contributed by atoms with van der Waals surface area (Å²) in [6.45, 7) is 0. The van der Waals surface area contributed by atoms with Gasteiger partial charge >= 0.3 is 5.97 Å². The Labute approximate surface area is 196 Å². The summed E-state index contributed by atoms with van der Waals surface area (Å²) in [6, 6.07) is 7.74. The first-order valence-corrected chi connectivity index (χ1v) is 9.97. The summed E-state index contributed by atoms with van der Waals surface area (Å²) in [5.74, 6) is -16.5. The van der Waals surface area contributed by atoms with Gasteiger partial charge in [-0.25, -0.2) is 26.7 Å². The van der Waals surface area contributed by atoms with Crippen LogP contribution in [-0.4, -0.2) is 33.5 Å². The summed E-state index contributed by atoms with van der Waals surface area (Å²) < 4.78 is 68.4. The van der Waals surface area contributed by atoms with E-state index in [0.29, 0.717) is 0 Å². The van der Waals surface area contributed by atoms with Crippen LogP contribution in [-0.2, 0) is 0 Å². The molecule has 3 aromatic carbocycles. The first-order valence-electron chi connectivity index (χ1n) is 9.97. The van der Waals surface area contributed by atoms with Gasteiger partial charge in [0.15, 0.2) is 29.1 Å². The molecular weight excluding hydrogens is 491 g/mol. The van der Waals surface area contributed by atoms with Crippen LogP contribution in [0.2, 0.25) is 0 Å². The fourth-order valence-corrected chi connectivity index (χ4v) is 4.12. The molecule has 1 aliphatic rings. The molecule has 0 bridgehead atoms. The number of hydrogen-bond acceptors (Lipinski definition) is 4. The predicted molar refractivity (Wildman–Crippen MR) is 113 cm³/mol.